The van der Waals surface area contributed by atoms with Crippen molar-refractivity contribution in [2.24, 2.45) is 0 Å². The maximum Gasteiger partial charge on any atom is 0.404 e. The van der Waals surface area contributed by atoms with Crippen molar-refractivity contribution < 1.29 is 24.4 Å². The molecule has 1 rings (SSSR count). The molecule has 0 saturated carbocycles. The first kappa shape index (κ1) is 13.6. The van der Waals surface area contributed by atoms with Crippen LogP contribution in [0.4, 0.5) is 0 Å². The largest absolute Gasteiger partial charge is 0.404 e. The fraction of sp³-hybridized carbons (Fsp3) is 0. The zero-order chi connectivity index (χ0) is 14.2. The first-order valence-corrected chi connectivity index (χ1v) is 4.66. The fourth-order valence-electron chi connectivity index (χ4n) is 1.14. The summed E-state index contributed by atoms with van der Waals surface area (Å²) >= 11 is 2.35. The summed E-state index contributed by atoms with van der Waals surface area (Å²) in [6.07, 6.45) is 0. The third-order valence-corrected chi connectivity index (χ3v) is 2.56. The van der Waals surface area contributed by atoms with Crippen molar-refractivity contribution in [3.8, 4) is 0 Å². The van der Waals surface area contributed by atoms with E-state index in [-0.39, 0.29) is 0 Å². The second-order valence-electron chi connectivity index (χ2n) is 2.79. The lowest BCUT2D eigenvalue weighted by Gasteiger charge is -2.05. The predicted octanol–water partition coefficient (Wildman–Crippen LogP) is -0.214. The molecule has 1 aliphatic carbocycles. The number of ketones is 2. The summed E-state index contributed by atoms with van der Waals surface area (Å²) in [5.41, 5.74) is -4.74. The van der Waals surface area contributed by atoms with Crippen LogP contribution in [0.2, 0.25) is 0 Å². The monoisotopic (exact) mass is 321 g/mol. The van der Waals surface area contributed by atoms with Gasteiger partial charge in [0.25, 0.3) is 5.78 Å². The number of Topliss-reactive ketones (excluding diaryl/α,β-unsaturated/α-hetero) is 2. The Labute approximate surface area is 104 Å². The van der Waals surface area contributed by atoms with Gasteiger partial charge in [-0.3, -0.25) is 39.9 Å². The van der Waals surface area contributed by atoms with Gasteiger partial charge in [0.2, 0.25) is 0 Å². The highest BCUT2D eigenvalue weighted by atomic mass is 79.9. The number of hydrogen-bond donors (Lipinski definition) is 0. The molecule has 12 heteroatoms. The molecule has 0 fully saturated rings. The summed E-state index contributed by atoms with van der Waals surface area (Å²) < 4.78 is -0.991. The first-order valence-electron chi connectivity index (χ1n) is 3.86. The fourth-order valence-corrected chi connectivity index (χ4v) is 1.65. The van der Waals surface area contributed by atoms with E-state index in [1.54, 1.807) is 0 Å². The van der Waals surface area contributed by atoms with Crippen LogP contribution in [0.5, 0.6) is 0 Å². The van der Waals surface area contributed by atoms with Crippen LogP contribution < -0.4 is 0 Å². The molecule has 0 aliphatic heterocycles. The predicted molar refractivity (Wildman–Crippen MR) is 54.0 cm³/mol. The van der Waals surface area contributed by atoms with Gasteiger partial charge in [0, 0.05) is 0 Å². The van der Waals surface area contributed by atoms with E-state index in [9.17, 15) is 39.9 Å². The lowest BCUT2D eigenvalue weighted by atomic mass is 10.0. The van der Waals surface area contributed by atoms with Gasteiger partial charge in [0.05, 0.1) is 14.8 Å². The summed E-state index contributed by atoms with van der Waals surface area (Å²) in [6, 6.07) is 0. The van der Waals surface area contributed by atoms with Gasteiger partial charge < -0.3 is 0 Å². The van der Waals surface area contributed by atoms with Gasteiger partial charge in [0.15, 0.2) is 4.48 Å². The Bertz CT molecular complexity index is 588. The minimum atomic E-state index is -1.80. The molecule has 0 aromatic rings. The SMILES string of the molecule is O=C1C(Br)=C([N+](=O)[O-])C(=O)C([N+](=O)[O-])=C1[N+](=O)[O-]. The van der Waals surface area contributed by atoms with Crippen molar-refractivity contribution in [3.63, 3.8) is 0 Å². The van der Waals surface area contributed by atoms with Gasteiger partial charge in [-0.1, -0.05) is 0 Å². The normalized spacial score (nSPS) is 16.1. The van der Waals surface area contributed by atoms with Gasteiger partial charge in [0.1, 0.15) is 0 Å². The van der Waals surface area contributed by atoms with Crippen LogP contribution in [0.3, 0.4) is 0 Å². The van der Waals surface area contributed by atoms with Crippen molar-refractivity contribution in [1.82, 2.24) is 0 Å². The van der Waals surface area contributed by atoms with Crippen LogP contribution >= 0.6 is 15.9 Å². The van der Waals surface area contributed by atoms with Gasteiger partial charge in [-0.2, -0.15) is 0 Å². The summed E-state index contributed by atoms with van der Waals surface area (Å²) in [7, 11) is 0. The second-order valence-corrected chi connectivity index (χ2v) is 3.58. The van der Waals surface area contributed by atoms with Crippen molar-refractivity contribution in [2.45, 2.75) is 0 Å². The lowest BCUT2D eigenvalue weighted by molar-refractivity contribution is -0.466. The molecule has 0 bridgehead atoms. The average molecular weight is 322 g/mol. The number of carbonyl (C=O) groups is 2. The molecule has 0 N–H and O–H groups in total. The molecule has 0 aromatic heterocycles. The van der Waals surface area contributed by atoms with E-state index < -0.39 is 47.9 Å². The maximum absolute atomic E-state index is 11.4. The van der Waals surface area contributed by atoms with Crippen LogP contribution in [-0.2, 0) is 9.59 Å². The van der Waals surface area contributed by atoms with E-state index in [0.29, 0.717) is 0 Å². The minimum absolute atomic E-state index is 0.991. The summed E-state index contributed by atoms with van der Waals surface area (Å²) in [5.74, 6) is -3.40. The minimum Gasteiger partial charge on any atom is -0.280 e. The Hall–Kier alpha value is -2.50. The molecule has 94 valence electrons. The zero-order valence-corrected chi connectivity index (χ0v) is 9.57. The molecule has 0 heterocycles. The number of halogens is 1. The highest BCUT2D eigenvalue weighted by Gasteiger charge is 2.53. The zero-order valence-electron chi connectivity index (χ0n) is 7.99. The lowest BCUT2D eigenvalue weighted by Crippen LogP contribution is -2.32. The number of carbonyl (C=O) groups excluding carboxylic acids is 2. The van der Waals surface area contributed by atoms with E-state index in [0.717, 1.165) is 0 Å². The summed E-state index contributed by atoms with van der Waals surface area (Å²) in [6.45, 7) is 0. The second kappa shape index (κ2) is 4.40. The topological polar surface area (TPSA) is 164 Å². The van der Waals surface area contributed by atoms with Crippen LogP contribution in [0.1, 0.15) is 0 Å². The molecule has 11 nitrogen and oxygen atoms in total. The van der Waals surface area contributed by atoms with Gasteiger partial charge in [-0.25, -0.2) is 0 Å². The maximum atomic E-state index is 11.4. The molecule has 1 aliphatic rings. The van der Waals surface area contributed by atoms with Gasteiger partial charge in [-0.05, 0) is 15.9 Å². The van der Waals surface area contributed by atoms with E-state index >= 15 is 0 Å². The highest BCUT2D eigenvalue weighted by molar-refractivity contribution is 9.12. The van der Waals surface area contributed by atoms with Crippen molar-refractivity contribution >= 4 is 27.5 Å². The van der Waals surface area contributed by atoms with Gasteiger partial charge >= 0.3 is 22.9 Å². The molecule has 0 atom stereocenters. The highest BCUT2D eigenvalue weighted by Crippen LogP contribution is 2.29. The Balaban J connectivity index is 3.66. The quantitative estimate of drug-likeness (QED) is 0.391. The summed E-state index contributed by atoms with van der Waals surface area (Å²) in [4.78, 5) is 50.0. The van der Waals surface area contributed by atoms with Crippen molar-refractivity contribution in [2.75, 3.05) is 0 Å². The van der Waals surface area contributed by atoms with Crippen molar-refractivity contribution in [3.05, 3.63) is 51.9 Å². The Kier molecular flexibility index (Phi) is 3.32. The van der Waals surface area contributed by atoms with Crippen LogP contribution in [0.25, 0.3) is 0 Å². The van der Waals surface area contributed by atoms with Gasteiger partial charge in [-0.15, -0.1) is 0 Å². The number of nitro groups is 3. The van der Waals surface area contributed by atoms with Crippen molar-refractivity contribution in [1.29, 1.82) is 0 Å². The third-order valence-electron chi connectivity index (χ3n) is 1.82. The summed E-state index contributed by atoms with van der Waals surface area (Å²) in [5, 5.41) is 31.5. The first-order chi connectivity index (χ1) is 8.20. The van der Waals surface area contributed by atoms with Crippen LogP contribution in [-0.4, -0.2) is 26.3 Å². The van der Waals surface area contributed by atoms with Crippen LogP contribution in [0.15, 0.2) is 21.6 Å². The molecule has 0 spiro atoms. The molecule has 18 heavy (non-hydrogen) atoms. The Morgan fingerprint density at radius 2 is 1.06 bits per heavy atom. The number of nitrogens with zero attached hydrogens (tertiary/aromatic N) is 3. The number of rotatable bonds is 3. The third kappa shape index (κ3) is 1.88. The number of allylic oxidation sites excluding steroid dienone is 1. The molecular formula is C6BrN3O8. The molecular weight excluding hydrogens is 322 g/mol. The molecule has 0 amide bonds. The molecule has 0 saturated heterocycles. The van der Waals surface area contributed by atoms with E-state index in [4.69, 9.17) is 0 Å². The Morgan fingerprint density at radius 3 is 1.39 bits per heavy atom. The molecule has 0 radical (unpaired) electrons. The molecule has 0 unspecified atom stereocenters. The standard InChI is InChI=1S/C6BrN3O8/c7-1-2(8(13)14)6(12)4(10(17)18)3(5(1)11)9(15)16. The van der Waals surface area contributed by atoms with Crippen LogP contribution in [0, 0.1) is 30.3 Å². The molecule has 0 aromatic carbocycles. The Morgan fingerprint density at radius 1 is 0.722 bits per heavy atom. The van der Waals surface area contributed by atoms with E-state index in [1.165, 1.54) is 0 Å². The smallest absolute Gasteiger partial charge is 0.280 e. The van der Waals surface area contributed by atoms with E-state index in [1.807, 2.05) is 0 Å². The van der Waals surface area contributed by atoms with E-state index in [2.05, 4.69) is 15.9 Å². The average Bonchev–Trinajstić information content (AvgIpc) is 2.21. The number of hydrogen-bond acceptors (Lipinski definition) is 8.